The number of hydrogen-bond acceptors (Lipinski definition) is 4. The molecule has 2 aromatic carbocycles. The number of hydrogen-bond donors (Lipinski definition) is 0. The number of rotatable bonds is 3. The fraction of sp³-hybridized carbons (Fsp3) is 0.263. The van der Waals surface area contributed by atoms with Crippen LogP contribution in [0.15, 0.2) is 48.5 Å². The molecule has 0 unspecified atom stereocenters. The normalized spacial score (nSPS) is 18.5. The van der Waals surface area contributed by atoms with E-state index in [0.29, 0.717) is 23.6 Å². The lowest BCUT2D eigenvalue weighted by Crippen LogP contribution is -2.49. The van der Waals surface area contributed by atoms with Crippen molar-refractivity contribution in [3.05, 3.63) is 59.7 Å². The van der Waals surface area contributed by atoms with Crippen LogP contribution < -0.4 is 9.47 Å². The van der Waals surface area contributed by atoms with Crippen LogP contribution >= 0.6 is 0 Å². The largest absolute Gasteiger partial charge is 0.482 e. The number of amides is 1. The molecule has 24 heavy (non-hydrogen) atoms. The molecule has 0 fully saturated rings. The summed E-state index contributed by atoms with van der Waals surface area (Å²) in [4.78, 5) is 14.3. The highest BCUT2D eigenvalue weighted by atomic mass is 16.6. The van der Waals surface area contributed by atoms with Crippen LogP contribution in [0.25, 0.3) is 0 Å². The van der Waals surface area contributed by atoms with Gasteiger partial charge in [0.05, 0.1) is 11.6 Å². The Kier molecular flexibility index (Phi) is 4.39. The van der Waals surface area contributed by atoms with Crippen LogP contribution in [-0.4, -0.2) is 30.1 Å². The number of fused-ring (bicyclic) bond motifs is 1. The highest BCUT2D eigenvalue weighted by molar-refractivity contribution is 5.82. The van der Waals surface area contributed by atoms with Gasteiger partial charge in [0.2, 0.25) is 6.10 Å². The van der Waals surface area contributed by atoms with E-state index in [-0.39, 0.29) is 12.0 Å². The minimum absolute atomic E-state index is 0.153. The molecule has 5 nitrogen and oxygen atoms in total. The quantitative estimate of drug-likeness (QED) is 0.872. The van der Waals surface area contributed by atoms with Crippen molar-refractivity contribution >= 4 is 5.91 Å². The molecule has 0 saturated carbocycles. The van der Waals surface area contributed by atoms with Gasteiger partial charge >= 0.3 is 0 Å². The van der Waals surface area contributed by atoms with Crippen molar-refractivity contribution in [2.45, 2.75) is 25.7 Å². The van der Waals surface area contributed by atoms with Crippen molar-refractivity contribution in [3.8, 4) is 17.6 Å². The van der Waals surface area contributed by atoms with Crippen LogP contribution in [0, 0.1) is 11.3 Å². The predicted octanol–water partition coefficient (Wildman–Crippen LogP) is 2.75. The van der Waals surface area contributed by atoms with Gasteiger partial charge in [-0.25, -0.2) is 0 Å². The van der Waals surface area contributed by atoms with E-state index in [9.17, 15) is 4.79 Å². The van der Waals surface area contributed by atoms with Crippen molar-refractivity contribution in [2.75, 3.05) is 7.05 Å². The molecule has 3 rings (SSSR count). The van der Waals surface area contributed by atoms with Gasteiger partial charge < -0.3 is 14.4 Å². The van der Waals surface area contributed by atoms with Gasteiger partial charge in [-0.2, -0.15) is 5.26 Å². The Balaban J connectivity index is 1.73. The fourth-order valence-corrected chi connectivity index (χ4v) is 2.70. The van der Waals surface area contributed by atoms with E-state index in [1.165, 1.54) is 0 Å². The molecule has 2 aromatic rings. The van der Waals surface area contributed by atoms with Crippen LogP contribution in [0.3, 0.4) is 0 Å². The van der Waals surface area contributed by atoms with E-state index >= 15 is 0 Å². The molecule has 1 aliphatic rings. The first-order valence-electron chi connectivity index (χ1n) is 7.75. The summed E-state index contributed by atoms with van der Waals surface area (Å²) in [5, 5.41) is 8.97. The zero-order valence-corrected chi connectivity index (χ0v) is 13.6. The molecular weight excluding hydrogens is 304 g/mol. The van der Waals surface area contributed by atoms with Gasteiger partial charge in [0.25, 0.3) is 5.91 Å². The van der Waals surface area contributed by atoms with Crippen molar-refractivity contribution in [2.24, 2.45) is 0 Å². The molecule has 1 heterocycles. The lowest BCUT2D eigenvalue weighted by molar-refractivity contribution is -0.143. The maximum atomic E-state index is 12.7. The average molecular weight is 322 g/mol. The highest BCUT2D eigenvalue weighted by Crippen LogP contribution is 2.33. The topological polar surface area (TPSA) is 62.6 Å². The molecule has 0 radical (unpaired) electrons. The third-order valence-electron chi connectivity index (χ3n) is 3.94. The van der Waals surface area contributed by atoms with Gasteiger partial charge in [-0.05, 0) is 36.8 Å². The highest BCUT2D eigenvalue weighted by Gasteiger charge is 2.35. The predicted molar refractivity (Wildman–Crippen MR) is 88.6 cm³/mol. The third kappa shape index (κ3) is 3.18. The Labute approximate surface area is 141 Å². The van der Waals surface area contributed by atoms with Crippen molar-refractivity contribution in [1.82, 2.24) is 4.90 Å². The number of nitriles is 1. The van der Waals surface area contributed by atoms with Gasteiger partial charge in [0.1, 0.15) is 6.10 Å². The molecule has 1 amide bonds. The first kappa shape index (κ1) is 15.9. The van der Waals surface area contributed by atoms with E-state index in [1.54, 1.807) is 30.1 Å². The van der Waals surface area contributed by atoms with Crippen molar-refractivity contribution in [1.29, 1.82) is 5.26 Å². The SMILES string of the molecule is C[C@H]1Oc2ccccc2O[C@@H]1C(=O)N(C)Cc1cccc(C#N)c1. The first-order chi connectivity index (χ1) is 11.6. The first-order valence-corrected chi connectivity index (χ1v) is 7.75. The minimum Gasteiger partial charge on any atom is -0.482 e. The van der Waals surface area contributed by atoms with E-state index in [1.807, 2.05) is 37.3 Å². The Morgan fingerprint density at radius 2 is 1.88 bits per heavy atom. The summed E-state index contributed by atoms with van der Waals surface area (Å²) < 4.78 is 11.6. The van der Waals surface area contributed by atoms with Crippen molar-refractivity contribution in [3.63, 3.8) is 0 Å². The lowest BCUT2D eigenvalue weighted by Gasteiger charge is -2.33. The van der Waals surface area contributed by atoms with Crippen LogP contribution in [0.1, 0.15) is 18.1 Å². The summed E-state index contributed by atoms with van der Waals surface area (Å²) in [7, 11) is 1.72. The molecule has 0 saturated heterocycles. The monoisotopic (exact) mass is 322 g/mol. The van der Waals surface area contributed by atoms with E-state index in [0.717, 1.165) is 5.56 Å². The standard InChI is InChI=1S/C19H18N2O3/c1-13-18(24-17-9-4-3-8-16(17)23-13)19(22)21(2)12-15-7-5-6-14(10-15)11-20/h3-10,13,18H,12H2,1-2H3/t13-,18+/m1/s1. The summed E-state index contributed by atoms with van der Waals surface area (Å²) in [6.45, 7) is 2.23. The second-order valence-corrected chi connectivity index (χ2v) is 5.81. The van der Waals surface area contributed by atoms with Crippen LogP contribution in [0.2, 0.25) is 0 Å². The van der Waals surface area contributed by atoms with Gasteiger partial charge in [0, 0.05) is 13.6 Å². The Bertz CT molecular complexity index is 797. The van der Waals surface area contributed by atoms with Crippen LogP contribution in [0.4, 0.5) is 0 Å². The van der Waals surface area contributed by atoms with Gasteiger partial charge in [-0.15, -0.1) is 0 Å². The number of para-hydroxylation sites is 2. The van der Waals surface area contributed by atoms with E-state index < -0.39 is 6.10 Å². The molecule has 0 bridgehead atoms. The van der Waals surface area contributed by atoms with Gasteiger partial charge in [-0.1, -0.05) is 24.3 Å². The van der Waals surface area contributed by atoms with Gasteiger partial charge in [-0.3, -0.25) is 4.79 Å². The summed E-state index contributed by atoms with van der Waals surface area (Å²) in [6, 6.07) is 16.6. The Hall–Kier alpha value is -3.00. The number of carbonyl (C=O) groups excluding carboxylic acids is 1. The van der Waals surface area contributed by atoms with Crippen molar-refractivity contribution < 1.29 is 14.3 Å². The zero-order chi connectivity index (χ0) is 17.1. The summed E-state index contributed by atoms with van der Waals surface area (Å²) in [5.74, 6) is 1.08. The second-order valence-electron chi connectivity index (χ2n) is 5.81. The Morgan fingerprint density at radius 3 is 2.58 bits per heavy atom. The number of likely N-dealkylation sites (N-methyl/N-ethyl adjacent to an activating group) is 1. The number of ether oxygens (including phenoxy) is 2. The molecular formula is C19H18N2O3. The molecule has 2 atom stereocenters. The lowest BCUT2D eigenvalue weighted by atomic mass is 10.1. The third-order valence-corrected chi connectivity index (χ3v) is 3.94. The molecule has 0 aliphatic carbocycles. The molecule has 1 aliphatic heterocycles. The minimum atomic E-state index is -0.691. The van der Waals surface area contributed by atoms with Crippen LogP contribution in [0.5, 0.6) is 11.5 Å². The maximum absolute atomic E-state index is 12.7. The summed E-state index contributed by atoms with van der Waals surface area (Å²) in [6.07, 6.45) is -1.07. The summed E-state index contributed by atoms with van der Waals surface area (Å²) in [5.41, 5.74) is 1.47. The number of benzene rings is 2. The smallest absolute Gasteiger partial charge is 0.267 e. The summed E-state index contributed by atoms with van der Waals surface area (Å²) >= 11 is 0. The number of carbonyl (C=O) groups is 1. The van der Waals surface area contributed by atoms with E-state index in [2.05, 4.69) is 6.07 Å². The molecule has 5 heteroatoms. The molecule has 0 aromatic heterocycles. The molecule has 0 spiro atoms. The maximum Gasteiger partial charge on any atom is 0.267 e. The van der Waals surface area contributed by atoms with E-state index in [4.69, 9.17) is 14.7 Å². The average Bonchev–Trinajstić information content (AvgIpc) is 2.60. The second kappa shape index (κ2) is 6.63. The fourth-order valence-electron chi connectivity index (χ4n) is 2.70. The zero-order valence-electron chi connectivity index (χ0n) is 13.6. The molecule has 122 valence electrons. The molecule has 0 N–H and O–H groups in total. The van der Waals surface area contributed by atoms with Gasteiger partial charge in [0.15, 0.2) is 11.5 Å². The van der Waals surface area contributed by atoms with Crippen LogP contribution in [-0.2, 0) is 11.3 Å². The Morgan fingerprint density at radius 1 is 1.17 bits per heavy atom. The number of nitrogens with zero attached hydrogens (tertiary/aromatic N) is 2.